The van der Waals surface area contributed by atoms with Gasteiger partial charge in [-0.2, -0.15) is 0 Å². The van der Waals surface area contributed by atoms with E-state index in [1.807, 2.05) is 18.2 Å². The molecule has 0 heterocycles. The highest BCUT2D eigenvalue weighted by Gasteiger charge is 2.08. The van der Waals surface area contributed by atoms with Gasteiger partial charge in [-0.05, 0) is 29.8 Å². The summed E-state index contributed by atoms with van der Waals surface area (Å²) in [5, 5.41) is 3.09. The summed E-state index contributed by atoms with van der Waals surface area (Å²) in [6, 6.07) is 8.56. The van der Waals surface area contributed by atoms with Crippen molar-refractivity contribution in [1.82, 2.24) is 0 Å². The van der Waals surface area contributed by atoms with Crippen LogP contribution in [0, 0.1) is 5.82 Å². The van der Waals surface area contributed by atoms with Gasteiger partial charge in [0.15, 0.2) is 17.3 Å². The van der Waals surface area contributed by atoms with Gasteiger partial charge < -0.3 is 14.8 Å². The van der Waals surface area contributed by atoms with Gasteiger partial charge in [0.25, 0.3) is 0 Å². The molecule has 0 aliphatic rings. The SMILES string of the molecule is COc1ccc(CNc2cc(Cl)c(F)c(Cl)c2)cc1OC. The average molecular weight is 330 g/mol. The maximum Gasteiger partial charge on any atom is 0.161 e. The number of methoxy groups -OCH3 is 2. The first-order chi connectivity index (χ1) is 10.0. The van der Waals surface area contributed by atoms with Gasteiger partial charge >= 0.3 is 0 Å². The summed E-state index contributed by atoms with van der Waals surface area (Å²) >= 11 is 11.5. The summed E-state index contributed by atoms with van der Waals surface area (Å²) in [7, 11) is 3.16. The van der Waals surface area contributed by atoms with Gasteiger partial charge in [0.1, 0.15) is 0 Å². The van der Waals surface area contributed by atoms with Crippen molar-refractivity contribution in [2.45, 2.75) is 6.54 Å². The molecule has 3 nitrogen and oxygen atoms in total. The molecule has 6 heteroatoms. The van der Waals surface area contributed by atoms with Crippen molar-refractivity contribution in [2.24, 2.45) is 0 Å². The van der Waals surface area contributed by atoms with Crippen LogP contribution in [0.25, 0.3) is 0 Å². The molecule has 112 valence electrons. The second-order valence-electron chi connectivity index (χ2n) is 4.30. The Kier molecular flexibility index (Phi) is 5.15. The van der Waals surface area contributed by atoms with E-state index in [4.69, 9.17) is 32.7 Å². The van der Waals surface area contributed by atoms with E-state index in [0.717, 1.165) is 5.56 Å². The van der Waals surface area contributed by atoms with Crippen LogP contribution in [-0.4, -0.2) is 14.2 Å². The molecule has 0 aromatic heterocycles. The second kappa shape index (κ2) is 6.87. The standard InChI is InChI=1S/C15H14Cl2FNO2/c1-20-13-4-3-9(5-14(13)21-2)8-19-10-6-11(16)15(18)12(17)7-10/h3-7,19H,8H2,1-2H3. The van der Waals surface area contributed by atoms with E-state index in [2.05, 4.69) is 5.32 Å². The van der Waals surface area contributed by atoms with E-state index < -0.39 is 5.82 Å². The summed E-state index contributed by atoms with van der Waals surface area (Å²) in [6.07, 6.45) is 0. The Hall–Kier alpha value is -1.65. The molecule has 0 amide bonds. The molecular weight excluding hydrogens is 316 g/mol. The third-order valence-corrected chi connectivity index (χ3v) is 3.48. The van der Waals surface area contributed by atoms with E-state index in [9.17, 15) is 4.39 Å². The molecule has 0 aliphatic heterocycles. The fourth-order valence-electron chi connectivity index (χ4n) is 1.85. The quantitative estimate of drug-likeness (QED) is 0.802. The molecule has 0 aliphatic carbocycles. The first-order valence-corrected chi connectivity index (χ1v) is 6.90. The molecule has 0 saturated carbocycles. The van der Waals surface area contributed by atoms with Gasteiger partial charge in [-0.15, -0.1) is 0 Å². The van der Waals surface area contributed by atoms with Crippen molar-refractivity contribution >= 4 is 28.9 Å². The van der Waals surface area contributed by atoms with Crippen molar-refractivity contribution in [1.29, 1.82) is 0 Å². The Balaban J connectivity index is 2.13. The van der Waals surface area contributed by atoms with E-state index in [1.54, 1.807) is 14.2 Å². The van der Waals surface area contributed by atoms with Gasteiger partial charge in [0, 0.05) is 12.2 Å². The smallest absolute Gasteiger partial charge is 0.161 e. The molecule has 0 fully saturated rings. The van der Waals surface area contributed by atoms with Crippen LogP contribution >= 0.6 is 23.2 Å². The molecule has 2 aromatic rings. The Morgan fingerprint density at radius 3 is 2.19 bits per heavy atom. The molecule has 21 heavy (non-hydrogen) atoms. The zero-order valence-corrected chi connectivity index (χ0v) is 13.1. The lowest BCUT2D eigenvalue weighted by Crippen LogP contribution is -2.01. The van der Waals surface area contributed by atoms with Gasteiger partial charge in [0.05, 0.1) is 24.3 Å². The summed E-state index contributed by atoms with van der Waals surface area (Å²) in [6.45, 7) is 0.513. The fourth-order valence-corrected chi connectivity index (χ4v) is 2.34. The third-order valence-electron chi connectivity index (χ3n) is 2.93. The molecule has 0 radical (unpaired) electrons. The number of halogens is 3. The van der Waals surface area contributed by atoms with Crippen molar-refractivity contribution < 1.29 is 13.9 Å². The van der Waals surface area contributed by atoms with Crippen molar-refractivity contribution in [3.8, 4) is 11.5 Å². The highest BCUT2D eigenvalue weighted by Crippen LogP contribution is 2.29. The van der Waals surface area contributed by atoms with Crippen LogP contribution in [0.5, 0.6) is 11.5 Å². The van der Waals surface area contributed by atoms with Crippen molar-refractivity contribution in [3.05, 3.63) is 51.8 Å². The second-order valence-corrected chi connectivity index (χ2v) is 5.11. The van der Waals surface area contributed by atoms with Crippen LogP contribution in [0.15, 0.2) is 30.3 Å². The van der Waals surface area contributed by atoms with Crippen LogP contribution in [0.3, 0.4) is 0 Å². The number of ether oxygens (including phenoxy) is 2. The van der Waals surface area contributed by atoms with Crippen LogP contribution in [0.2, 0.25) is 10.0 Å². The van der Waals surface area contributed by atoms with E-state index >= 15 is 0 Å². The monoisotopic (exact) mass is 329 g/mol. The Labute approximate surface area is 132 Å². The average Bonchev–Trinajstić information content (AvgIpc) is 2.50. The summed E-state index contributed by atoms with van der Waals surface area (Å²) in [4.78, 5) is 0. The number of rotatable bonds is 5. The number of anilines is 1. The zero-order valence-electron chi connectivity index (χ0n) is 11.5. The summed E-state index contributed by atoms with van der Waals surface area (Å²) < 4.78 is 23.7. The highest BCUT2D eigenvalue weighted by atomic mass is 35.5. The minimum atomic E-state index is -0.616. The van der Waals surface area contributed by atoms with Gasteiger partial charge in [0.2, 0.25) is 0 Å². The number of hydrogen-bond acceptors (Lipinski definition) is 3. The predicted molar refractivity (Wildman–Crippen MR) is 83.3 cm³/mol. The molecule has 2 aromatic carbocycles. The van der Waals surface area contributed by atoms with Crippen LogP contribution < -0.4 is 14.8 Å². The summed E-state index contributed by atoms with van der Waals surface area (Å²) in [5.41, 5.74) is 1.62. The predicted octanol–water partition coefficient (Wildman–Crippen LogP) is 4.76. The van der Waals surface area contributed by atoms with Gasteiger partial charge in [-0.1, -0.05) is 29.3 Å². The normalized spacial score (nSPS) is 10.3. The van der Waals surface area contributed by atoms with Crippen molar-refractivity contribution in [3.63, 3.8) is 0 Å². The first kappa shape index (κ1) is 15.7. The highest BCUT2D eigenvalue weighted by molar-refractivity contribution is 6.35. The van der Waals surface area contributed by atoms with Crippen LogP contribution in [-0.2, 0) is 6.54 Å². The Bertz CT molecular complexity index is 627. The zero-order chi connectivity index (χ0) is 15.4. The third kappa shape index (κ3) is 3.71. The van der Waals surface area contributed by atoms with Crippen LogP contribution in [0.1, 0.15) is 5.56 Å². The van der Waals surface area contributed by atoms with E-state index in [1.165, 1.54) is 12.1 Å². The minimum absolute atomic E-state index is 0.0164. The maximum absolute atomic E-state index is 13.3. The summed E-state index contributed by atoms with van der Waals surface area (Å²) in [5.74, 6) is 0.691. The van der Waals surface area contributed by atoms with Crippen LogP contribution in [0.4, 0.5) is 10.1 Å². The van der Waals surface area contributed by atoms with Gasteiger partial charge in [-0.25, -0.2) is 4.39 Å². The molecule has 2 rings (SSSR count). The lowest BCUT2D eigenvalue weighted by atomic mass is 10.2. The largest absolute Gasteiger partial charge is 0.493 e. The minimum Gasteiger partial charge on any atom is -0.493 e. The Morgan fingerprint density at radius 2 is 1.62 bits per heavy atom. The number of hydrogen-bond donors (Lipinski definition) is 1. The fraction of sp³-hybridized carbons (Fsp3) is 0.200. The molecule has 0 unspecified atom stereocenters. The van der Waals surface area contributed by atoms with Crippen molar-refractivity contribution in [2.75, 3.05) is 19.5 Å². The lowest BCUT2D eigenvalue weighted by molar-refractivity contribution is 0.354. The first-order valence-electron chi connectivity index (χ1n) is 6.14. The topological polar surface area (TPSA) is 30.5 Å². The lowest BCUT2D eigenvalue weighted by Gasteiger charge is -2.11. The number of nitrogens with one attached hydrogen (secondary N) is 1. The van der Waals surface area contributed by atoms with Gasteiger partial charge in [-0.3, -0.25) is 0 Å². The Morgan fingerprint density at radius 1 is 1.00 bits per heavy atom. The molecule has 0 bridgehead atoms. The molecule has 1 N–H and O–H groups in total. The molecule has 0 atom stereocenters. The number of benzene rings is 2. The van der Waals surface area contributed by atoms with E-state index in [-0.39, 0.29) is 10.0 Å². The van der Waals surface area contributed by atoms with E-state index in [0.29, 0.717) is 23.7 Å². The molecule has 0 spiro atoms. The maximum atomic E-state index is 13.3. The molecule has 0 saturated heterocycles. The molecular formula is C15H14Cl2FNO2.